The average molecular weight is 1420 g/mol. The van der Waals surface area contributed by atoms with Gasteiger partial charge in [-0.2, -0.15) is 0 Å². The van der Waals surface area contributed by atoms with Gasteiger partial charge in [-0.05, 0) is 37.5 Å². The van der Waals surface area contributed by atoms with Crippen LogP contribution in [0.2, 0.25) is 0 Å². The Morgan fingerprint density at radius 2 is 0.526 bits per heavy atom. The quantitative estimate of drug-likeness (QED) is 0.0222. The number of hydrogen-bond acceptors (Lipinski definition) is 15. The van der Waals surface area contributed by atoms with Crippen molar-refractivity contribution in [2.45, 2.75) is 426 Å². The maximum absolute atomic E-state index is 13.1. The number of aliphatic hydroxyl groups excluding tert-OH is 1. The Labute approximate surface area is 594 Å². The van der Waals surface area contributed by atoms with E-state index < -0.39 is 97.5 Å². The summed E-state index contributed by atoms with van der Waals surface area (Å²) >= 11 is 0. The molecular weight excluding hydrogens is 1270 g/mol. The molecule has 3 unspecified atom stereocenters. The maximum atomic E-state index is 13.1. The van der Waals surface area contributed by atoms with Crippen LogP contribution >= 0.6 is 15.6 Å². The number of phosphoric ester groups is 2. The second-order valence-electron chi connectivity index (χ2n) is 28.8. The molecule has 0 saturated heterocycles. The van der Waals surface area contributed by atoms with Gasteiger partial charge in [-0.25, -0.2) is 9.13 Å². The van der Waals surface area contributed by atoms with Crippen LogP contribution in [0, 0.1) is 11.8 Å². The fraction of sp³-hybridized carbons (Fsp3) is 0.949. The van der Waals surface area contributed by atoms with Gasteiger partial charge in [0.25, 0.3) is 0 Å². The van der Waals surface area contributed by atoms with Crippen LogP contribution in [0.3, 0.4) is 0 Å². The van der Waals surface area contributed by atoms with E-state index in [0.717, 1.165) is 102 Å². The summed E-state index contributed by atoms with van der Waals surface area (Å²) in [5.41, 5.74) is 0. The van der Waals surface area contributed by atoms with E-state index >= 15 is 0 Å². The Balaban J connectivity index is 5.25. The summed E-state index contributed by atoms with van der Waals surface area (Å²) in [7, 11) is -9.91. The van der Waals surface area contributed by atoms with Gasteiger partial charge in [-0.15, -0.1) is 0 Å². The molecule has 0 aromatic rings. The molecule has 0 bridgehead atoms. The Bertz CT molecular complexity index is 1870. The third kappa shape index (κ3) is 70.9. The Hall–Kier alpha value is -1.94. The van der Waals surface area contributed by atoms with Gasteiger partial charge in [0.05, 0.1) is 26.4 Å². The lowest BCUT2D eigenvalue weighted by molar-refractivity contribution is -0.161. The molecule has 0 rings (SSSR count). The van der Waals surface area contributed by atoms with E-state index in [-0.39, 0.29) is 25.7 Å². The minimum absolute atomic E-state index is 0.108. The first-order valence-electron chi connectivity index (χ1n) is 40.5. The van der Waals surface area contributed by atoms with Crippen molar-refractivity contribution in [2.24, 2.45) is 11.8 Å². The minimum Gasteiger partial charge on any atom is -0.462 e. The van der Waals surface area contributed by atoms with Gasteiger partial charge in [-0.3, -0.25) is 37.3 Å². The highest BCUT2D eigenvalue weighted by molar-refractivity contribution is 7.47. The minimum atomic E-state index is -4.96. The first-order chi connectivity index (χ1) is 46.9. The van der Waals surface area contributed by atoms with Crippen molar-refractivity contribution in [3.63, 3.8) is 0 Å². The lowest BCUT2D eigenvalue weighted by Gasteiger charge is -2.21. The molecule has 97 heavy (non-hydrogen) atoms. The van der Waals surface area contributed by atoms with Crippen molar-refractivity contribution in [3.8, 4) is 0 Å². The van der Waals surface area contributed by atoms with Crippen molar-refractivity contribution in [1.29, 1.82) is 0 Å². The second-order valence-corrected chi connectivity index (χ2v) is 31.7. The van der Waals surface area contributed by atoms with Crippen molar-refractivity contribution < 1.29 is 80.2 Å². The van der Waals surface area contributed by atoms with E-state index in [4.69, 9.17) is 37.0 Å². The van der Waals surface area contributed by atoms with Crippen LogP contribution in [0.15, 0.2) is 0 Å². The third-order valence-corrected chi connectivity index (χ3v) is 20.5. The zero-order chi connectivity index (χ0) is 71.4. The van der Waals surface area contributed by atoms with Crippen LogP contribution in [0.4, 0.5) is 0 Å². The summed E-state index contributed by atoms with van der Waals surface area (Å²) in [6, 6.07) is 0. The number of hydrogen-bond donors (Lipinski definition) is 3. The molecule has 0 aliphatic carbocycles. The summed E-state index contributed by atoms with van der Waals surface area (Å²) in [6.45, 7) is 9.68. The molecule has 0 aromatic carbocycles. The predicted molar refractivity (Wildman–Crippen MR) is 395 cm³/mol. The van der Waals surface area contributed by atoms with Crippen molar-refractivity contribution in [1.82, 2.24) is 0 Å². The molecule has 17 nitrogen and oxygen atoms in total. The molecule has 0 aliphatic rings. The normalized spacial score (nSPS) is 14.2. The fourth-order valence-electron chi connectivity index (χ4n) is 12.0. The molecule has 19 heteroatoms. The molecule has 576 valence electrons. The molecule has 0 spiro atoms. The molecular formula is C78H152O17P2. The molecule has 0 aliphatic heterocycles. The molecule has 0 saturated carbocycles. The first-order valence-corrected chi connectivity index (χ1v) is 43.5. The van der Waals surface area contributed by atoms with E-state index in [1.165, 1.54) is 225 Å². The van der Waals surface area contributed by atoms with E-state index in [2.05, 4.69) is 41.5 Å². The number of aliphatic hydroxyl groups is 1. The SMILES string of the molecule is CCCCCCCCCCCCCCC(=O)OC[C@H](COP(=O)(O)OC[C@H](O)COP(=O)(O)OC[C@@H](COC(=O)CCCCCCCCCCCCCCC(C)C)OC(=O)CCCCCCCCCCCCCCCCC(C)CC)OC(=O)CCCCCCCCCCCCCC. The van der Waals surface area contributed by atoms with Gasteiger partial charge in [-0.1, -0.05) is 356 Å². The van der Waals surface area contributed by atoms with Crippen LogP contribution in [0.25, 0.3) is 0 Å². The number of phosphoric acid groups is 2. The van der Waals surface area contributed by atoms with Crippen molar-refractivity contribution in [2.75, 3.05) is 39.6 Å². The summed E-state index contributed by atoms with van der Waals surface area (Å²) in [6.07, 6.45) is 58.0. The van der Waals surface area contributed by atoms with Gasteiger partial charge in [0.15, 0.2) is 12.2 Å². The second kappa shape index (κ2) is 69.8. The molecule has 0 radical (unpaired) electrons. The van der Waals surface area contributed by atoms with E-state index in [9.17, 15) is 43.2 Å². The number of carbonyl (C=O) groups is 4. The largest absolute Gasteiger partial charge is 0.472 e. The first kappa shape index (κ1) is 95.1. The number of esters is 4. The van der Waals surface area contributed by atoms with E-state index in [1.807, 2.05) is 0 Å². The van der Waals surface area contributed by atoms with Crippen LogP contribution in [-0.4, -0.2) is 96.7 Å². The van der Waals surface area contributed by atoms with Gasteiger partial charge in [0, 0.05) is 25.7 Å². The highest BCUT2D eigenvalue weighted by atomic mass is 31.2. The zero-order valence-electron chi connectivity index (χ0n) is 63.4. The Kier molecular flexibility index (Phi) is 68.4. The zero-order valence-corrected chi connectivity index (χ0v) is 65.2. The number of rotatable bonds is 77. The van der Waals surface area contributed by atoms with Crippen molar-refractivity contribution in [3.05, 3.63) is 0 Å². The highest BCUT2D eigenvalue weighted by Crippen LogP contribution is 2.45. The summed E-state index contributed by atoms with van der Waals surface area (Å²) in [5.74, 6) is -0.482. The topological polar surface area (TPSA) is 237 Å². The predicted octanol–water partition coefficient (Wildman–Crippen LogP) is 23.1. The van der Waals surface area contributed by atoms with E-state index in [1.54, 1.807) is 0 Å². The van der Waals surface area contributed by atoms with Crippen LogP contribution in [-0.2, 0) is 65.4 Å². The Morgan fingerprint density at radius 3 is 0.784 bits per heavy atom. The van der Waals surface area contributed by atoms with Crippen molar-refractivity contribution >= 4 is 39.5 Å². The standard InChI is InChI=1S/C78H152O17P2/c1-7-10-12-14-16-18-20-30-36-42-48-54-60-75(80)88-66-73(94-77(82)62-56-50-44-38-31-21-19-17-15-13-11-8-2)68-92-96(84,85)90-64-72(79)65-91-97(86,87)93-69-74(67-89-76(81)61-55-49-43-37-32-27-26-28-34-40-46-52-58-70(4)5)95-78(83)63-57-51-45-39-33-25-23-22-24-29-35-41-47-53-59-71(6)9-3/h70-74,79H,7-69H2,1-6H3,(H,84,85)(H,86,87)/t71?,72-,73+,74+/m0/s1. The number of ether oxygens (including phenoxy) is 4. The average Bonchev–Trinajstić information content (AvgIpc) is 1.54. The fourth-order valence-corrected chi connectivity index (χ4v) is 13.6. The van der Waals surface area contributed by atoms with Gasteiger partial charge in [0.1, 0.15) is 19.3 Å². The lowest BCUT2D eigenvalue weighted by Crippen LogP contribution is -2.30. The van der Waals surface area contributed by atoms with Gasteiger partial charge < -0.3 is 33.8 Å². The maximum Gasteiger partial charge on any atom is 0.472 e. The monoisotopic (exact) mass is 1420 g/mol. The summed E-state index contributed by atoms with van der Waals surface area (Å²) in [4.78, 5) is 72.9. The van der Waals surface area contributed by atoms with Gasteiger partial charge >= 0.3 is 39.5 Å². The van der Waals surface area contributed by atoms with Crippen LogP contribution < -0.4 is 0 Å². The highest BCUT2D eigenvalue weighted by Gasteiger charge is 2.30. The summed E-state index contributed by atoms with van der Waals surface area (Å²) < 4.78 is 68.6. The molecule has 6 atom stereocenters. The molecule has 0 heterocycles. The smallest absolute Gasteiger partial charge is 0.462 e. The van der Waals surface area contributed by atoms with Crippen LogP contribution in [0.5, 0.6) is 0 Å². The van der Waals surface area contributed by atoms with Gasteiger partial charge in [0.2, 0.25) is 0 Å². The lowest BCUT2D eigenvalue weighted by atomic mass is 9.99. The Morgan fingerprint density at radius 1 is 0.299 bits per heavy atom. The summed E-state index contributed by atoms with van der Waals surface area (Å²) in [5, 5.41) is 10.6. The molecule has 3 N–H and O–H groups in total. The molecule has 0 amide bonds. The molecule has 0 aromatic heterocycles. The number of carbonyl (C=O) groups excluding carboxylic acids is 4. The molecule has 0 fully saturated rings. The van der Waals surface area contributed by atoms with E-state index in [0.29, 0.717) is 25.7 Å². The van der Waals surface area contributed by atoms with Crippen LogP contribution in [0.1, 0.15) is 408 Å². The third-order valence-electron chi connectivity index (χ3n) is 18.6. The number of unbranched alkanes of at least 4 members (excludes halogenated alkanes) is 46.